The summed E-state index contributed by atoms with van der Waals surface area (Å²) in [5.74, 6) is 0. The van der Waals surface area contributed by atoms with Gasteiger partial charge in [0.15, 0.2) is 0 Å². The maximum Gasteiger partial charge on any atom is 0.112 e. The first kappa shape index (κ1) is 21.3. The van der Waals surface area contributed by atoms with Gasteiger partial charge >= 0.3 is 0 Å². The second-order valence-corrected chi connectivity index (χ2v) is 12.0. The van der Waals surface area contributed by atoms with E-state index in [-0.39, 0.29) is 0 Å². The molecule has 0 saturated carbocycles. The third kappa shape index (κ3) is 5.02. The minimum atomic E-state index is -1.66. The van der Waals surface area contributed by atoms with Gasteiger partial charge in [0.1, 0.15) is 23.2 Å². The molecule has 4 rings (SSSR count). The minimum Gasteiger partial charge on any atom is -0.378 e. The Morgan fingerprint density at radius 2 is 1.17 bits per heavy atom. The largest absolute Gasteiger partial charge is 0.378 e. The maximum absolute atomic E-state index is 5.94. The monoisotopic (exact) mass is 417 g/mol. The lowest BCUT2D eigenvalue weighted by atomic mass is 10.0. The Morgan fingerprint density at radius 3 is 1.63 bits per heavy atom. The molecule has 0 spiro atoms. The molecular weight excluding hydrogens is 383 g/mol. The molecule has 0 aromatic heterocycles. The highest BCUT2D eigenvalue weighted by Gasteiger charge is 2.44. The molecule has 0 N–H and O–H groups in total. The third-order valence-electron chi connectivity index (χ3n) is 6.38. The first-order valence-electron chi connectivity index (χ1n) is 11.6. The summed E-state index contributed by atoms with van der Waals surface area (Å²) in [7, 11) is -1.66. The van der Waals surface area contributed by atoms with Crippen LogP contribution in [0.1, 0.15) is 44.9 Å². The molecule has 1 fully saturated rings. The molecule has 2 heteroatoms. The number of rotatable bonds is 9. The van der Waals surface area contributed by atoms with Gasteiger partial charge in [-0.15, -0.1) is 0 Å². The third-order valence-corrected chi connectivity index (χ3v) is 10.9. The van der Waals surface area contributed by atoms with Gasteiger partial charge in [-0.25, -0.2) is 0 Å². The normalized spacial score (nSPS) is 17.0. The number of hydrogen-bond donors (Lipinski definition) is 0. The van der Waals surface area contributed by atoms with Gasteiger partial charge in [-0.05, 0) is 74.9 Å². The lowest BCUT2D eigenvalue weighted by Gasteiger charge is -2.28. The zero-order valence-corrected chi connectivity index (χ0v) is 18.9. The van der Waals surface area contributed by atoms with Crippen LogP contribution in [-0.4, -0.2) is 18.9 Å². The second kappa shape index (κ2) is 10.9. The Kier molecular flexibility index (Phi) is 7.73. The van der Waals surface area contributed by atoms with Crippen molar-refractivity contribution in [2.45, 2.75) is 51.0 Å². The number of ether oxygens (including phenoxy) is 1. The van der Waals surface area contributed by atoms with Crippen molar-refractivity contribution in [3.05, 3.63) is 91.0 Å². The fourth-order valence-electron chi connectivity index (χ4n) is 4.81. The molecule has 0 amide bonds. The summed E-state index contributed by atoms with van der Waals surface area (Å²) in [6.45, 7) is 0.968. The summed E-state index contributed by atoms with van der Waals surface area (Å²) in [6, 6.07) is 33.7. The topological polar surface area (TPSA) is 9.23 Å². The standard InChI is InChI=1S/C28H34OP/c1-6-17-26(18-7-1)30(27-19-8-2-9-20-27,28-21-10-3-11-22-28)24-14-4-5-15-25-16-12-13-23-29-25/h1-3,6-11,17-22,25H,4-5,12-16,23-24H2/q+1. The van der Waals surface area contributed by atoms with Crippen molar-refractivity contribution in [1.82, 2.24) is 0 Å². The van der Waals surface area contributed by atoms with Crippen molar-refractivity contribution in [3.63, 3.8) is 0 Å². The first-order chi connectivity index (χ1) is 14.9. The van der Waals surface area contributed by atoms with Crippen molar-refractivity contribution in [1.29, 1.82) is 0 Å². The average Bonchev–Trinajstić information content (AvgIpc) is 2.84. The Labute approximate surface area is 182 Å². The molecule has 156 valence electrons. The van der Waals surface area contributed by atoms with Crippen molar-refractivity contribution >= 4 is 23.2 Å². The lowest BCUT2D eigenvalue weighted by molar-refractivity contribution is 0.00985. The second-order valence-electron chi connectivity index (χ2n) is 8.38. The molecule has 1 saturated heterocycles. The fraction of sp³-hybridized carbons (Fsp3) is 0.357. The Bertz CT molecular complexity index is 760. The Morgan fingerprint density at radius 1 is 0.633 bits per heavy atom. The molecule has 1 heterocycles. The van der Waals surface area contributed by atoms with Crippen LogP contribution in [0.4, 0.5) is 0 Å². The molecule has 0 bridgehead atoms. The van der Waals surface area contributed by atoms with E-state index in [9.17, 15) is 0 Å². The quantitative estimate of drug-likeness (QED) is 0.301. The highest BCUT2D eigenvalue weighted by Crippen LogP contribution is 2.56. The molecule has 1 nitrogen and oxygen atoms in total. The first-order valence-corrected chi connectivity index (χ1v) is 13.5. The van der Waals surface area contributed by atoms with Crippen LogP contribution in [0.15, 0.2) is 91.0 Å². The molecule has 3 aromatic rings. The van der Waals surface area contributed by atoms with Crippen molar-refractivity contribution in [2.75, 3.05) is 12.8 Å². The van der Waals surface area contributed by atoms with Gasteiger partial charge in [0.05, 0.1) is 12.3 Å². The van der Waals surface area contributed by atoms with Gasteiger partial charge in [0.2, 0.25) is 0 Å². The molecule has 30 heavy (non-hydrogen) atoms. The van der Waals surface area contributed by atoms with Gasteiger partial charge < -0.3 is 4.74 Å². The van der Waals surface area contributed by atoms with Crippen LogP contribution in [-0.2, 0) is 4.74 Å². The highest BCUT2D eigenvalue weighted by atomic mass is 31.2. The SMILES string of the molecule is c1ccc([P+](CCCCCC2CCCCO2)(c2ccccc2)c2ccccc2)cc1. The van der Waals surface area contributed by atoms with Crippen LogP contribution in [0.3, 0.4) is 0 Å². The van der Waals surface area contributed by atoms with E-state index in [2.05, 4.69) is 91.0 Å². The molecule has 1 aliphatic heterocycles. The molecular formula is C28H34OP+. The summed E-state index contributed by atoms with van der Waals surface area (Å²) in [5.41, 5.74) is 0. The smallest absolute Gasteiger partial charge is 0.112 e. The van der Waals surface area contributed by atoms with Gasteiger partial charge in [0.25, 0.3) is 0 Å². The number of benzene rings is 3. The van der Waals surface area contributed by atoms with Crippen LogP contribution < -0.4 is 15.9 Å². The highest BCUT2D eigenvalue weighted by molar-refractivity contribution is 7.95. The summed E-state index contributed by atoms with van der Waals surface area (Å²) in [5, 5.41) is 4.49. The summed E-state index contributed by atoms with van der Waals surface area (Å²) < 4.78 is 5.94. The summed E-state index contributed by atoms with van der Waals surface area (Å²) >= 11 is 0. The van der Waals surface area contributed by atoms with E-state index < -0.39 is 7.26 Å². The molecule has 3 aromatic carbocycles. The van der Waals surface area contributed by atoms with E-state index in [0.717, 1.165) is 6.61 Å². The van der Waals surface area contributed by atoms with Gasteiger partial charge in [-0.1, -0.05) is 61.0 Å². The van der Waals surface area contributed by atoms with E-state index in [4.69, 9.17) is 4.74 Å². The van der Waals surface area contributed by atoms with E-state index in [1.54, 1.807) is 0 Å². The summed E-state index contributed by atoms with van der Waals surface area (Å²) in [4.78, 5) is 0. The van der Waals surface area contributed by atoms with Crippen LogP contribution in [0.5, 0.6) is 0 Å². The van der Waals surface area contributed by atoms with E-state index >= 15 is 0 Å². The predicted octanol–water partition coefficient (Wildman–Crippen LogP) is 6.11. The van der Waals surface area contributed by atoms with Crippen LogP contribution >= 0.6 is 7.26 Å². The van der Waals surface area contributed by atoms with E-state index in [1.807, 2.05) is 0 Å². The molecule has 0 aliphatic carbocycles. The Balaban J connectivity index is 1.57. The van der Waals surface area contributed by atoms with Crippen molar-refractivity contribution < 1.29 is 4.74 Å². The van der Waals surface area contributed by atoms with Crippen molar-refractivity contribution in [2.24, 2.45) is 0 Å². The maximum atomic E-state index is 5.94. The number of hydrogen-bond acceptors (Lipinski definition) is 1. The molecule has 0 radical (unpaired) electrons. The molecule has 1 atom stereocenters. The van der Waals surface area contributed by atoms with Gasteiger partial charge in [-0.3, -0.25) is 0 Å². The van der Waals surface area contributed by atoms with Crippen molar-refractivity contribution in [3.8, 4) is 0 Å². The summed E-state index contributed by atoms with van der Waals surface area (Å²) in [6.07, 6.45) is 10.6. The minimum absolute atomic E-state index is 0.510. The zero-order valence-electron chi connectivity index (χ0n) is 18.0. The van der Waals surface area contributed by atoms with Gasteiger partial charge in [0, 0.05) is 6.61 Å². The lowest BCUT2D eigenvalue weighted by Crippen LogP contribution is -2.33. The number of unbranched alkanes of at least 4 members (excludes halogenated alkanes) is 2. The van der Waals surface area contributed by atoms with E-state index in [0.29, 0.717) is 6.10 Å². The van der Waals surface area contributed by atoms with Crippen LogP contribution in [0.25, 0.3) is 0 Å². The van der Waals surface area contributed by atoms with Gasteiger partial charge in [-0.2, -0.15) is 0 Å². The predicted molar refractivity (Wildman–Crippen MR) is 132 cm³/mol. The average molecular weight is 418 g/mol. The zero-order chi connectivity index (χ0) is 20.5. The van der Waals surface area contributed by atoms with Crippen LogP contribution in [0, 0.1) is 0 Å². The van der Waals surface area contributed by atoms with Crippen LogP contribution in [0.2, 0.25) is 0 Å². The molecule has 1 aliphatic rings. The Hall–Kier alpha value is -1.95. The molecule has 1 unspecified atom stereocenters. The van der Waals surface area contributed by atoms with E-state index in [1.165, 1.54) is 67.0 Å². The fourth-order valence-corrected chi connectivity index (χ4v) is 9.23.